The van der Waals surface area contributed by atoms with Gasteiger partial charge in [0.1, 0.15) is 0 Å². The molecule has 1 atom stereocenters. The third kappa shape index (κ3) is 4.22. The topological polar surface area (TPSA) is 21.3 Å². The van der Waals surface area contributed by atoms with Gasteiger partial charge in [-0.1, -0.05) is 6.92 Å². The highest BCUT2D eigenvalue weighted by molar-refractivity contribution is 7.11. The van der Waals surface area contributed by atoms with Gasteiger partial charge in [0.05, 0.1) is 0 Å². The SMILES string of the molecule is COCC(C)CNCc1ccc(C)s1. The minimum absolute atomic E-state index is 0.584. The van der Waals surface area contributed by atoms with Crippen LogP contribution in [0.5, 0.6) is 0 Å². The van der Waals surface area contributed by atoms with E-state index in [4.69, 9.17) is 4.74 Å². The number of hydrogen-bond donors (Lipinski definition) is 1. The van der Waals surface area contributed by atoms with Crippen molar-refractivity contribution in [2.45, 2.75) is 20.4 Å². The van der Waals surface area contributed by atoms with Gasteiger partial charge < -0.3 is 10.1 Å². The first-order chi connectivity index (χ1) is 6.72. The van der Waals surface area contributed by atoms with Crippen LogP contribution in [0.1, 0.15) is 16.7 Å². The maximum absolute atomic E-state index is 5.07. The molecule has 0 bridgehead atoms. The van der Waals surface area contributed by atoms with E-state index in [1.54, 1.807) is 7.11 Å². The van der Waals surface area contributed by atoms with Gasteiger partial charge in [-0.3, -0.25) is 0 Å². The molecule has 0 amide bonds. The second-order valence-corrected chi connectivity index (χ2v) is 5.08. The molecule has 0 aliphatic rings. The van der Waals surface area contributed by atoms with Crippen molar-refractivity contribution >= 4 is 11.3 Å². The Bertz CT molecular complexity index is 260. The summed E-state index contributed by atoms with van der Waals surface area (Å²) in [6.45, 7) is 7.16. The summed E-state index contributed by atoms with van der Waals surface area (Å²) in [5.41, 5.74) is 0. The highest BCUT2D eigenvalue weighted by atomic mass is 32.1. The highest BCUT2D eigenvalue weighted by Gasteiger charge is 2.01. The molecule has 0 saturated heterocycles. The van der Waals surface area contributed by atoms with Crippen LogP contribution in [0, 0.1) is 12.8 Å². The van der Waals surface area contributed by atoms with E-state index in [9.17, 15) is 0 Å². The minimum Gasteiger partial charge on any atom is -0.384 e. The smallest absolute Gasteiger partial charge is 0.0499 e. The summed E-state index contributed by atoms with van der Waals surface area (Å²) in [5, 5.41) is 3.43. The van der Waals surface area contributed by atoms with Crippen LogP contribution in [0.4, 0.5) is 0 Å². The second kappa shape index (κ2) is 6.17. The maximum atomic E-state index is 5.07. The minimum atomic E-state index is 0.584. The molecule has 1 N–H and O–H groups in total. The monoisotopic (exact) mass is 213 g/mol. The fraction of sp³-hybridized carbons (Fsp3) is 0.636. The molecule has 80 valence electrons. The first-order valence-electron chi connectivity index (χ1n) is 4.97. The van der Waals surface area contributed by atoms with Crippen molar-refractivity contribution in [2.24, 2.45) is 5.92 Å². The Balaban J connectivity index is 2.15. The summed E-state index contributed by atoms with van der Waals surface area (Å²) < 4.78 is 5.07. The van der Waals surface area contributed by atoms with Crippen molar-refractivity contribution in [3.05, 3.63) is 21.9 Å². The van der Waals surface area contributed by atoms with Crippen LogP contribution in [0.15, 0.2) is 12.1 Å². The van der Waals surface area contributed by atoms with Crippen LogP contribution < -0.4 is 5.32 Å². The molecule has 1 aromatic rings. The van der Waals surface area contributed by atoms with Crippen molar-refractivity contribution in [3.8, 4) is 0 Å². The van der Waals surface area contributed by atoms with Gasteiger partial charge in [0.25, 0.3) is 0 Å². The number of nitrogens with one attached hydrogen (secondary N) is 1. The molecule has 14 heavy (non-hydrogen) atoms. The maximum Gasteiger partial charge on any atom is 0.0499 e. The van der Waals surface area contributed by atoms with Crippen molar-refractivity contribution in [2.75, 3.05) is 20.3 Å². The van der Waals surface area contributed by atoms with Gasteiger partial charge in [-0.2, -0.15) is 0 Å². The molecule has 0 fully saturated rings. The largest absolute Gasteiger partial charge is 0.384 e. The van der Waals surface area contributed by atoms with Crippen LogP contribution in [-0.2, 0) is 11.3 Å². The number of hydrogen-bond acceptors (Lipinski definition) is 3. The van der Waals surface area contributed by atoms with Crippen LogP contribution >= 0.6 is 11.3 Å². The summed E-state index contributed by atoms with van der Waals surface area (Å²) in [6.07, 6.45) is 0. The predicted octanol–water partition coefficient (Wildman–Crippen LogP) is 2.43. The Labute approximate surface area is 90.3 Å². The summed E-state index contributed by atoms with van der Waals surface area (Å²) in [5.74, 6) is 0.584. The summed E-state index contributed by atoms with van der Waals surface area (Å²) in [4.78, 5) is 2.79. The lowest BCUT2D eigenvalue weighted by molar-refractivity contribution is 0.158. The van der Waals surface area contributed by atoms with Gasteiger partial charge in [-0.25, -0.2) is 0 Å². The predicted molar refractivity (Wildman–Crippen MR) is 61.8 cm³/mol. The normalized spacial score (nSPS) is 13.1. The van der Waals surface area contributed by atoms with E-state index in [-0.39, 0.29) is 0 Å². The van der Waals surface area contributed by atoms with E-state index in [1.807, 2.05) is 11.3 Å². The molecule has 1 heterocycles. The van der Waals surface area contributed by atoms with Gasteiger partial charge in [-0.15, -0.1) is 11.3 Å². The number of aryl methyl sites for hydroxylation is 1. The molecule has 0 aliphatic carbocycles. The molecular formula is C11H19NOS. The Morgan fingerprint density at radius 2 is 2.29 bits per heavy atom. The van der Waals surface area contributed by atoms with E-state index in [0.717, 1.165) is 19.7 Å². The lowest BCUT2D eigenvalue weighted by atomic mass is 10.2. The summed E-state index contributed by atoms with van der Waals surface area (Å²) in [6, 6.07) is 4.36. The molecular weight excluding hydrogens is 194 g/mol. The first-order valence-corrected chi connectivity index (χ1v) is 5.79. The van der Waals surface area contributed by atoms with E-state index < -0.39 is 0 Å². The Hall–Kier alpha value is -0.380. The summed E-state index contributed by atoms with van der Waals surface area (Å²) in [7, 11) is 1.75. The lowest BCUT2D eigenvalue weighted by Gasteiger charge is -2.10. The average Bonchev–Trinajstić information content (AvgIpc) is 2.52. The zero-order valence-corrected chi connectivity index (χ0v) is 9.99. The molecule has 3 heteroatoms. The highest BCUT2D eigenvalue weighted by Crippen LogP contribution is 2.14. The van der Waals surface area contributed by atoms with Gasteiger partial charge >= 0.3 is 0 Å². The van der Waals surface area contributed by atoms with Crippen LogP contribution in [0.3, 0.4) is 0 Å². The van der Waals surface area contributed by atoms with Crippen molar-refractivity contribution in [1.82, 2.24) is 5.32 Å². The van der Waals surface area contributed by atoms with Crippen LogP contribution in [0.25, 0.3) is 0 Å². The fourth-order valence-electron chi connectivity index (χ4n) is 1.37. The average molecular weight is 213 g/mol. The Morgan fingerprint density at radius 3 is 2.86 bits per heavy atom. The zero-order chi connectivity index (χ0) is 10.4. The van der Waals surface area contributed by atoms with E-state index in [2.05, 4.69) is 31.3 Å². The van der Waals surface area contributed by atoms with Crippen molar-refractivity contribution < 1.29 is 4.74 Å². The lowest BCUT2D eigenvalue weighted by Crippen LogP contribution is -2.22. The van der Waals surface area contributed by atoms with Crippen LogP contribution in [-0.4, -0.2) is 20.3 Å². The standard InChI is InChI=1S/C11H19NOS/c1-9(8-13-3)6-12-7-11-5-4-10(2)14-11/h4-5,9,12H,6-8H2,1-3H3. The molecule has 0 aromatic carbocycles. The molecule has 0 radical (unpaired) electrons. The molecule has 1 unspecified atom stereocenters. The van der Waals surface area contributed by atoms with Crippen molar-refractivity contribution in [3.63, 3.8) is 0 Å². The number of thiophene rings is 1. The quantitative estimate of drug-likeness (QED) is 0.783. The third-order valence-corrected chi connectivity index (χ3v) is 3.04. The molecule has 0 saturated carbocycles. The van der Waals surface area contributed by atoms with Gasteiger partial charge in [0.15, 0.2) is 0 Å². The summed E-state index contributed by atoms with van der Waals surface area (Å²) >= 11 is 1.86. The van der Waals surface area contributed by atoms with Crippen LogP contribution in [0.2, 0.25) is 0 Å². The zero-order valence-electron chi connectivity index (χ0n) is 9.17. The van der Waals surface area contributed by atoms with Gasteiger partial charge in [0, 0.05) is 36.6 Å². The van der Waals surface area contributed by atoms with E-state index in [0.29, 0.717) is 5.92 Å². The first kappa shape index (κ1) is 11.7. The molecule has 1 rings (SSSR count). The fourth-order valence-corrected chi connectivity index (χ4v) is 2.23. The molecule has 1 aromatic heterocycles. The molecule has 0 aliphatic heterocycles. The van der Waals surface area contributed by atoms with Gasteiger partial charge in [0.2, 0.25) is 0 Å². The third-order valence-electron chi connectivity index (χ3n) is 2.04. The molecule has 2 nitrogen and oxygen atoms in total. The number of methoxy groups -OCH3 is 1. The Morgan fingerprint density at radius 1 is 1.50 bits per heavy atom. The van der Waals surface area contributed by atoms with E-state index in [1.165, 1.54) is 9.75 Å². The second-order valence-electron chi connectivity index (χ2n) is 3.70. The van der Waals surface area contributed by atoms with E-state index >= 15 is 0 Å². The Kier molecular flexibility index (Phi) is 5.15. The number of ether oxygens (including phenoxy) is 1. The van der Waals surface area contributed by atoms with Gasteiger partial charge in [-0.05, 0) is 25.0 Å². The number of rotatable bonds is 6. The molecule has 0 spiro atoms. The van der Waals surface area contributed by atoms with Crippen molar-refractivity contribution in [1.29, 1.82) is 0 Å².